The van der Waals surface area contributed by atoms with E-state index >= 15 is 0 Å². The van der Waals surface area contributed by atoms with Crippen molar-refractivity contribution < 1.29 is 18.7 Å². The Labute approximate surface area is 137 Å². The van der Waals surface area contributed by atoms with E-state index in [1.165, 1.54) is 19.3 Å². The first-order valence-electron chi connectivity index (χ1n) is 6.95. The largest absolute Gasteiger partial charge is 0.489 e. The van der Waals surface area contributed by atoms with E-state index in [0.29, 0.717) is 16.9 Å². The van der Waals surface area contributed by atoms with E-state index in [-0.39, 0.29) is 18.1 Å². The minimum atomic E-state index is -0.745. The molecule has 0 amide bonds. The number of azide groups is 1. The van der Waals surface area contributed by atoms with Crippen LogP contribution in [0, 0.1) is 5.82 Å². The Kier molecular flexibility index (Phi) is 5.94. The first-order valence-corrected chi connectivity index (χ1v) is 6.95. The second kappa shape index (κ2) is 8.36. The molecule has 0 unspecified atom stereocenters. The molecule has 0 saturated heterocycles. The van der Waals surface area contributed by atoms with E-state index in [2.05, 4.69) is 14.8 Å². The molecular weight excluding hydrogens is 313 g/mol. The third-order valence-electron chi connectivity index (χ3n) is 3.06. The van der Waals surface area contributed by atoms with Gasteiger partial charge in [-0.1, -0.05) is 35.4 Å². The van der Waals surface area contributed by atoms with E-state index < -0.39 is 5.97 Å². The van der Waals surface area contributed by atoms with Crippen molar-refractivity contribution in [1.82, 2.24) is 0 Å². The van der Waals surface area contributed by atoms with Gasteiger partial charge in [-0.3, -0.25) is 0 Å². The maximum atomic E-state index is 13.6. The van der Waals surface area contributed by atoms with Gasteiger partial charge in [-0.15, -0.1) is 0 Å². The molecular formula is C17H14FN3O3. The third kappa shape index (κ3) is 4.59. The van der Waals surface area contributed by atoms with Crippen LogP contribution in [-0.2, 0) is 16.1 Å². The Hall–Kier alpha value is -3.31. The van der Waals surface area contributed by atoms with Crippen LogP contribution in [0.2, 0.25) is 0 Å². The second-order valence-corrected chi connectivity index (χ2v) is 4.66. The summed E-state index contributed by atoms with van der Waals surface area (Å²) < 4.78 is 23.7. The van der Waals surface area contributed by atoms with Crippen LogP contribution in [0.4, 0.5) is 4.39 Å². The minimum Gasteiger partial charge on any atom is -0.489 e. The average molecular weight is 327 g/mol. The summed E-state index contributed by atoms with van der Waals surface area (Å²) in [6, 6.07) is 13.1. The maximum Gasteiger partial charge on any atom is 0.340 e. The molecule has 0 heterocycles. The number of nitrogens with zero attached hydrogens (tertiary/aromatic N) is 3. The van der Waals surface area contributed by atoms with Crippen molar-refractivity contribution in [3.05, 3.63) is 81.6 Å². The molecule has 6 nitrogen and oxygen atoms in total. The number of hydrogen-bond donors (Lipinski definition) is 0. The lowest BCUT2D eigenvalue weighted by molar-refractivity contribution is -0.136. The molecule has 0 aromatic heterocycles. The maximum absolute atomic E-state index is 13.6. The van der Waals surface area contributed by atoms with Gasteiger partial charge in [-0.25, -0.2) is 9.18 Å². The van der Waals surface area contributed by atoms with Crippen molar-refractivity contribution in [2.45, 2.75) is 6.61 Å². The van der Waals surface area contributed by atoms with Crippen LogP contribution in [0.15, 0.2) is 59.3 Å². The van der Waals surface area contributed by atoms with Crippen molar-refractivity contribution in [2.24, 2.45) is 5.11 Å². The number of methoxy groups -OCH3 is 1. The van der Waals surface area contributed by atoms with Crippen LogP contribution in [0.1, 0.15) is 11.1 Å². The van der Waals surface area contributed by atoms with Crippen molar-refractivity contribution in [3.63, 3.8) is 0 Å². The molecule has 2 aromatic carbocycles. The Morgan fingerprint density at radius 2 is 2.08 bits per heavy atom. The van der Waals surface area contributed by atoms with Crippen molar-refractivity contribution in [3.8, 4) is 5.75 Å². The summed E-state index contributed by atoms with van der Waals surface area (Å²) in [4.78, 5) is 14.1. The average Bonchev–Trinajstić information content (AvgIpc) is 2.60. The number of benzene rings is 2. The summed E-state index contributed by atoms with van der Waals surface area (Å²) in [5, 5.41) is 3.30. The van der Waals surface area contributed by atoms with Gasteiger partial charge in [0.2, 0.25) is 0 Å². The standard InChI is InChI=1S/C17H14FN3O3/c1-23-17(22)16(20-21-19)10-12-5-4-7-14(9-12)24-11-13-6-2-3-8-15(13)18/h2-10H,11H2,1H3. The normalized spacial score (nSPS) is 10.7. The van der Waals surface area contributed by atoms with Crippen molar-refractivity contribution in [2.75, 3.05) is 7.11 Å². The Morgan fingerprint density at radius 3 is 2.79 bits per heavy atom. The fourth-order valence-corrected chi connectivity index (χ4v) is 1.91. The highest BCUT2D eigenvalue weighted by molar-refractivity contribution is 5.93. The van der Waals surface area contributed by atoms with Crippen LogP contribution in [-0.4, -0.2) is 13.1 Å². The lowest BCUT2D eigenvalue weighted by Crippen LogP contribution is -2.02. The number of carbonyl (C=O) groups excluding carboxylic acids is 1. The first-order chi connectivity index (χ1) is 11.6. The van der Waals surface area contributed by atoms with E-state index in [1.807, 2.05) is 0 Å². The number of carbonyl (C=O) groups is 1. The molecule has 0 saturated carbocycles. The molecule has 0 spiro atoms. The number of esters is 1. The van der Waals surface area contributed by atoms with Gasteiger partial charge in [-0.05, 0) is 35.4 Å². The quantitative estimate of drug-likeness (QED) is 0.262. The number of halogens is 1. The van der Waals surface area contributed by atoms with E-state index in [1.54, 1.807) is 42.5 Å². The molecule has 0 aliphatic carbocycles. The fourth-order valence-electron chi connectivity index (χ4n) is 1.91. The number of rotatable bonds is 6. The van der Waals surface area contributed by atoms with Crippen LogP contribution < -0.4 is 4.74 Å². The van der Waals surface area contributed by atoms with Crippen LogP contribution >= 0.6 is 0 Å². The Balaban J connectivity index is 2.18. The fraction of sp³-hybridized carbons (Fsp3) is 0.118. The molecule has 0 N–H and O–H groups in total. The van der Waals surface area contributed by atoms with Gasteiger partial charge < -0.3 is 9.47 Å². The predicted octanol–water partition coefficient (Wildman–Crippen LogP) is 4.23. The SMILES string of the molecule is COC(=O)C(=Cc1cccc(OCc2ccccc2F)c1)N=[N+]=[N-]. The summed E-state index contributed by atoms with van der Waals surface area (Å²) in [6.45, 7) is 0.0695. The molecule has 0 radical (unpaired) electrons. The molecule has 0 fully saturated rings. The topological polar surface area (TPSA) is 84.3 Å². The highest BCUT2D eigenvalue weighted by atomic mass is 19.1. The lowest BCUT2D eigenvalue weighted by atomic mass is 10.2. The zero-order valence-corrected chi connectivity index (χ0v) is 12.8. The van der Waals surface area contributed by atoms with Gasteiger partial charge >= 0.3 is 5.97 Å². The molecule has 122 valence electrons. The van der Waals surface area contributed by atoms with Crippen LogP contribution in [0.25, 0.3) is 16.5 Å². The van der Waals surface area contributed by atoms with Crippen molar-refractivity contribution >= 4 is 12.0 Å². The molecule has 0 aliphatic rings. The van der Waals surface area contributed by atoms with Gasteiger partial charge in [0.1, 0.15) is 23.9 Å². The summed E-state index contributed by atoms with van der Waals surface area (Å²) in [5.41, 5.74) is 9.34. The monoisotopic (exact) mass is 327 g/mol. The van der Waals surface area contributed by atoms with Gasteiger partial charge in [0.15, 0.2) is 0 Å². The molecule has 2 rings (SSSR count). The summed E-state index contributed by atoms with van der Waals surface area (Å²) in [7, 11) is 1.19. The zero-order valence-electron chi connectivity index (χ0n) is 12.8. The highest BCUT2D eigenvalue weighted by Gasteiger charge is 2.08. The first kappa shape index (κ1) is 17.1. The van der Waals surface area contributed by atoms with Gasteiger partial charge in [0.25, 0.3) is 0 Å². The van der Waals surface area contributed by atoms with E-state index in [0.717, 1.165) is 0 Å². The third-order valence-corrected chi connectivity index (χ3v) is 3.06. The Bertz CT molecular complexity index is 814. The molecule has 0 bridgehead atoms. The predicted molar refractivity (Wildman–Crippen MR) is 86.3 cm³/mol. The number of hydrogen-bond acceptors (Lipinski definition) is 4. The molecule has 24 heavy (non-hydrogen) atoms. The van der Waals surface area contributed by atoms with Gasteiger partial charge in [0, 0.05) is 10.5 Å². The smallest absolute Gasteiger partial charge is 0.340 e. The van der Waals surface area contributed by atoms with Crippen molar-refractivity contribution in [1.29, 1.82) is 0 Å². The summed E-state index contributed by atoms with van der Waals surface area (Å²) in [5.74, 6) is -0.604. The molecule has 0 aliphatic heterocycles. The van der Waals surface area contributed by atoms with Gasteiger partial charge in [-0.2, -0.15) is 0 Å². The second-order valence-electron chi connectivity index (χ2n) is 4.66. The summed E-state index contributed by atoms with van der Waals surface area (Å²) in [6.07, 6.45) is 1.38. The highest BCUT2D eigenvalue weighted by Crippen LogP contribution is 2.19. The molecule has 2 aromatic rings. The summed E-state index contributed by atoms with van der Waals surface area (Å²) >= 11 is 0. The van der Waals surface area contributed by atoms with E-state index in [9.17, 15) is 9.18 Å². The minimum absolute atomic E-state index is 0.0695. The lowest BCUT2D eigenvalue weighted by Gasteiger charge is -2.08. The zero-order chi connectivity index (χ0) is 17.4. The van der Waals surface area contributed by atoms with Crippen LogP contribution in [0.5, 0.6) is 5.75 Å². The van der Waals surface area contributed by atoms with Gasteiger partial charge in [0.05, 0.1) is 7.11 Å². The van der Waals surface area contributed by atoms with E-state index in [4.69, 9.17) is 10.3 Å². The molecule has 0 atom stereocenters. The Morgan fingerprint density at radius 1 is 1.29 bits per heavy atom. The van der Waals surface area contributed by atoms with Crippen LogP contribution in [0.3, 0.4) is 0 Å². The molecule has 7 heteroatoms. The number of ether oxygens (including phenoxy) is 2.